The van der Waals surface area contributed by atoms with Crippen molar-refractivity contribution in [3.63, 3.8) is 0 Å². The second kappa shape index (κ2) is 7.32. The molecule has 0 aliphatic carbocycles. The van der Waals surface area contributed by atoms with Crippen molar-refractivity contribution in [1.29, 1.82) is 0 Å². The van der Waals surface area contributed by atoms with Gasteiger partial charge in [0, 0.05) is 12.8 Å². The van der Waals surface area contributed by atoms with E-state index in [1.54, 1.807) is 35.6 Å². The number of carbonyl (C=O) groups excluding carboxylic acids is 2. The van der Waals surface area contributed by atoms with Gasteiger partial charge in [0.25, 0.3) is 5.91 Å². The predicted octanol–water partition coefficient (Wildman–Crippen LogP) is 1.69. The fourth-order valence-corrected chi connectivity index (χ4v) is 2.16. The third-order valence-corrected chi connectivity index (χ3v) is 3.33. The van der Waals surface area contributed by atoms with E-state index in [-0.39, 0.29) is 24.5 Å². The fraction of sp³-hybridized carbons (Fsp3) is 0.333. The molecule has 1 aliphatic rings. The molecule has 1 aromatic carbocycles. The molecule has 0 bridgehead atoms. The van der Waals surface area contributed by atoms with Gasteiger partial charge >= 0.3 is 12.1 Å². The Kier molecular flexibility index (Phi) is 5.40. The van der Waals surface area contributed by atoms with Gasteiger partial charge in [-0.15, -0.1) is 0 Å². The van der Waals surface area contributed by atoms with Gasteiger partial charge in [-0.25, -0.2) is 9.80 Å². The largest absolute Gasteiger partial charge is 0.480 e. The molecule has 7 nitrogen and oxygen atoms in total. The Balaban J connectivity index is 2.17. The average Bonchev–Trinajstić information content (AvgIpc) is 2.54. The van der Waals surface area contributed by atoms with Gasteiger partial charge in [0.05, 0.1) is 12.1 Å². The molecule has 0 spiro atoms. The molecule has 1 atom stereocenters. The van der Waals surface area contributed by atoms with Gasteiger partial charge in [0.1, 0.15) is 11.8 Å². The SMILES string of the molecule is O=C(NC(CC(F)(F)F)C(=O)O)C1=NN(c2ccccc2)C(=O)CC1. The summed E-state index contributed by atoms with van der Waals surface area (Å²) in [6, 6.07) is 6.03. The van der Waals surface area contributed by atoms with Crippen LogP contribution in [-0.2, 0) is 14.4 Å². The Morgan fingerprint density at radius 1 is 1.24 bits per heavy atom. The number of alkyl halides is 3. The predicted molar refractivity (Wildman–Crippen MR) is 80.8 cm³/mol. The zero-order chi connectivity index (χ0) is 18.6. The number of benzene rings is 1. The molecular formula is C15H14F3N3O4. The van der Waals surface area contributed by atoms with Crippen LogP contribution in [0.15, 0.2) is 35.4 Å². The van der Waals surface area contributed by atoms with Crippen molar-refractivity contribution >= 4 is 29.2 Å². The molecule has 1 aliphatic heterocycles. The Hall–Kier alpha value is -2.91. The highest BCUT2D eigenvalue weighted by molar-refractivity contribution is 6.40. The van der Waals surface area contributed by atoms with Crippen LogP contribution >= 0.6 is 0 Å². The maximum Gasteiger partial charge on any atom is 0.391 e. The third kappa shape index (κ3) is 5.03. The van der Waals surface area contributed by atoms with Crippen molar-refractivity contribution in [2.24, 2.45) is 5.10 Å². The summed E-state index contributed by atoms with van der Waals surface area (Å²) in [7, 11) is 0. The first-order chi connectivity index (χ1) is 11.7. The molecule has 10 heteroatoms. The number of carboxylic acid groups (broad SMARTS) is 1. The minimum Gasteiger partial charge on any atom is -0.480 e. The number of nitrogens with zero attached hydrogens (tertiary/aromatic N) is 2. The molecule has 0 radical (unpaired) electrons. The topological polar surface area (TPSA) is 99.1 Å². The van der Waals surface area contributed by atoms with E-state index >= 15 is 0 Å². The first kappa shape index (κ1) is 18.4. The van der Waals surface area contributed by atoms with Crippen LogP contribution in [0.25, 0.3) is 0 Å². The highest BCUT2D eigenvalue weighted by atomic mass is 19.4. The summed E-state index contributed by atoms with van der Waals surface area (Å²) in [6.45, 7) is 0. The number of halogens is 3. The summed E-state index contributed by atoms with van der Waals surface area (Å²) in [6.07, 6.45) is -6.62. The van der Waals surface area contributed by atoms with Gasteiger partial charge < -0.3 is 10.4 Å². The standard InChI is InChI=1S/C15H14F3N3O4/c16-15(17,18)8-11(14(24)25)19-13(23)10-6-7-12(22)21(20-10)9-4-2-1-3-5-9/h1-5,11H,6-8H2,(H,19,23)(H,24,25). The number of carboxylic acids is 1. The maximum absolute atomic E-state index is 12.4. The normalized spacial score (nSPS) is 16.2. The van der Waals surface area contributed by atoms with E-state index in [9.17, 15) is 27.6 Å². The van der Waals surface area contributed by atoms with E-state index in [1.807, 2.05) is 0 Å². The Bertz CT molecular complexity index is 704. The number of anilines is 1. The molecule has 1 aromatic rings. The first-order valence-corrected chi connectivity index (χ1v) is 7.23. The highest BCUT2D eigenvalue weighted by Gasteiger charge is 2.37. The molecule has 2 amide bonds. The lowest BCUT2D eigenvalue weighted by molar-refractivity contribution is -0.159. The minimum absolute atomic E-state index is 0.0713. The number of rotatable bonds is 5. The quantitative estimate of drug-likeness (QED) is 0.838. The van der Waals surface area contributed by atoms with Crippen LogP contribution in [0.2, 0.25) is 0 Å². The monoisotopic (exact) mass is 357 g/mol. The van der Waals surface area contributed by atoms with Gasteiger partial charge in [0.15, 0.2) is 0 Å². The summed E-state index contributed by atoms with van der Waals surface area (Å²) >= 11 is 0. The highest BCUT2D eigenvalue weighted by Crippen LogP contribution is 2.22. The maximum atomic E-state index is 12.4. The summed E-state index contributed by atoms with van der Waals surface area (Å²) < 4.78 is 37.2. The lowest BCUT2D eigenvalue weighted by Gasteiger charge is -2.24. The molecule has 134 valence electrons. The summed E-state index contributed by atoms with van der Waals surface area (Å²) in [5, 5.41) is 15.5. The van der Waals surface area contributed by atoms with Crippen molar-refractivity contribution in [2.45, 2.75) is 31.5 Å². The van der Waals surface area contributed by atoms with E-state index in [4.69, 9.17) is 5.11 Å². The van der Waals surface area contributed by atoms with E-state index in [0.29, 0.717) is 5.69 Å². The molecule has 0 fully saturated rings. The van der Waals surface area contributed by atoms with Gasteiger partial charge in [-0.05, 0) is 12.1 Å². The van der Waals surface area contributed by atoms with Crippen molar-refractivity contribution < 1.29 is 32.7 Å². The Morgan fingerprint density at radius 2 is 1.88 bits per heavy atom. The Morgan fingerprint density at radius 3 is 2.44 bits per heavy atom. The van der Waals surface area contributed by atoms with Crippen LogP contribution in [-0.4, -0.2) is 40.8 Å². The van der Waals surface area contributed by atoms with Crippen LogP contribution in [0.3, 0.4) is 0 Å². The second-order valence-corrected chi connectivity index (χ2v) is 5.27. The molecular weight excluding hydrogens is 343 g/mol. The third-order valence-electron chi connectivity index (χ3n) is 3.33. The fourth-order valence-electron chi connectivity index (χ4n) is 2.16. The molecule has 0 aromatic heterocycles. The molecule has 0 saturated heterocycles. The first-order valence-electron chi connectivity index (χ1n) is 7.23. The number of aliphatic carboxylic acids is 1. The van der Waals surface area contributed by atoms with Crippen LogP contribution in [0.1, 0.15) is 19.3 Å². The number of para-hydroxylation sites is 1. The van der Waals surface area contributed by atoms with Gasteiger partial charge in [0.2, 0.25) is 5.91 Å². The van der Waals surface area contributed by atoms with E-state index in [1.165, 1.54) is 0 Å². The van der Waals surface area contributed by atoms with Crippen molar-refractivity contribution in [3.8, 4) is 0 Å². The van der Waals surface area contributed by atoms with E-state index in [2.05, 4.69) is 5.10 Å². The second-order valence-electron chi connectivity index (χ2n) is 5.27. The summed E-state index contributed by atoms with van der Waals surface area (Å²) in [4.78, 5) is 34.9. The number of carbonyl (C=O) groups is 3. The van der Waals surface area contributed by atoms with Gasteiger partial charge in [-0.2, -0.15) is 18.3 Å². The number of nitrogens with one attached hydrogen (secondary N) is 1. The number of hydrogen-bond donors (Lipinski definition) is 2. The number of hydrogen-bond acceptors (Lipinski definition) is 4. The van der Waals surface area contributed by atoms with Gasteiger partial charge in [-0.1, -0.05) is 18.2 Å². The zero-order valence-electron chi connectivity index (χ0n) is 12.8. The molecule has 1 heterocycles. The summed E-state index contributed by atoms with van der Waals surface area (Å²) in [5.74, 6) is -3.24. The van der Waals surface area contributed by atoms with Crippen molar-refractivity contribution in [3.05, 3.63) is 30.3 Å². The van der Waals surface area contributed by atoms with Gasteiger partial charge in [-0.3, -0.25) is 9.59 Å². The van der Waals surface area contributed by atoms with Crippen molar-refractivity contribution in [1.82, 2.24) is 5.32 Å². The van der Waals surface area contributed by atoms with E-state index < -0.39 is 30.5 Å². The molecule has 2 N–H and O–H groups in total. The van der Waals surface area contributed by atoms with Crippen LogP contribution in [0.4, 0.5) is 18.9 Å². The molecule has 1 unspecified atom stereocenters. The Labute approximate surface area is 140 Å². The minimum atomic E-state index is -4.75. The molecule has 0 saturated carbocycles. The lowest BCUT2D eigenvalue weighted by Crippen LogP contribution is -2.47. The summed E-state index contributed by atoms with van der Waals surface area (Å²) in [5.41, 5.74) is 0.180. The van der Waals surface area contributed by atoms with Crippen LogP contribution in [0.5, 0.6) is 0 Å². The number of amides is 2. The smallest absolute Gasteiger partial charge is 0.391 e. The lowest BCUT2D eigenvalue weighted by atomic mass is 10.1. The molecule has 25 heavy (non-hydrogen) atoms. The van der Waals surface area contributed by atoms with Crippen molar-refractivity contribution in [2.75, 3.05) is 5.01 Å². The average molecular weight is 357 g/mol. The zero-order valence-corrected chi connectivity index (χ0v) is 12.8. The van der Waals surface area contributed by atoms with Crippen LogP contribution < -0.4 is 10.3 Å². The molecule has 2 rings (SSSR count). The van der Waals surface area contributed by atoms with Crippen LogP contribution in [0, 0.1) is 0 Å². The van der Waals surface area contributed by atoms with E-state index in [0.717, 1.165) is 5.01 Å². The number of hydrazone groups is 1.